The first-order chi connectivity index (χ1) is 16.4. The predicted molar refractivity (Wildman–Crippen MR) is 125 cm³/mol. The SMILES string of the molecule is Cn1cc(-c2ccc(Cn3cc(C(=O)N[C@H]4CCC[C@@H]4O)c4ncccc4c3=O)c(F)c2)cn1. The van der Waals surface area contributed by atoms with Gasteiger partial charge in [-0.3, -0.25) is 19.3 Å². The number of aryl methyl sites for hydroxylation is 1. The summed E-state index contributed by atoms with van der Waals surface area (Å²) in [5.74, 6) is -0.879. The zero-order valence-corrected chi connectivity index (χ0v) is 18.6. The third kappa shape index (κ3) is 4.10. The number of aliphatic hydroxyl groups is 1. The molecule has 4 aromatic rings. The molecule has 1 aromatic carbocycles. The van der Waals surface area contributed by atoms with Crippen molar-refractivity contribution >= 4 is 16.8 Å². The molecule has 2 N–H and O–H groups in total. The number of benzene rings is 1. The Balaban J connectivity index is 1.50. The standard InChI is InChI=1S/C25H24FN5O3/c1-30-12-17(11-28-30)15-7-8-16(20(26)10-15)13-31-14-19(23-18(25(31)34)4-3-9-27-23)24(33)29-21-5-2-6-22(21)32/h3-4,7-12,14,21-22,32H,2,5-6,13H2,1H3,(H,29,33)/t21-,22-/m0/s1. The maximum atomic E-state index is 15.0. The largest absolute Gasteiger partial charge is 0.391 e. The molecule has 1 aliphatic rings. The molecule has 5 rings (SSSR count). The minimum absolute atomic E-state index is 0.0465. The van der Waals surface area contributed by atoms with Gasteiger partial charge < -0.3 is 15.0 Å². The number of carbonyl (C=O) groups excluding carboxylic acids is 1. The van der Waals surface area contributed by atoms with Gasteiger partial charge in [0.1, 0.15) is 5.82 Å². The molecule has 3 aromatic heterocycles. The molecule has 0 spiro atoms. The minimum atomic E-state index is -0.596. The lowest BCUT2D eigenvalue weighted by Crippen LogP contribution is -2.40. The molecule has 34 heavy (non-hydrogen) atoms. The lowest BCUT2D eigenvalue weighted by molar-refractivity contribution is 0.0874. The zero-order valence-electron chi connectivity index (χ0n) is 18.6. The molecule has 1 amide bonds. The number of pyridine rings is 2. The monoisotopic (exact) mass is 461 g/mol. The van der Waals surface area contributed by atoms with Crippen LogP contribution in [-0.2, 0) is 13.6 Å². The Kier molecular flexibility index (Phi) is 5.70. The molecule has 1 saturated carbocycles. The van der Waals surface area contributed by atoms with E-state index in [1.54, 1.807) is 48.4 Å². The molecule has 0 unspecified atom stereocenters. The van der Waals surface area contributed by atoms with E-state index in [9.17, 15) is 19.1 Å². The summed E-state index contributed by atoms with van der Waals surface area (Å²) in [6, 6.07) is 7.70. The van der Waals surface area contributed by atoms with E-state index in [0.717, 1.165) is 12.0 Å². The van der Waals surface area contributed by atoms with Crippen LogP contribution in [0.4, 0.5) is 4.39 Å². The number of aliphatic hydroxyl groups excluding tert-OH is 1. The van der Waals surface area contributed by atoms with Crippen molar-refractivity contribution in [1.82, 2.24) is 24.6 Å². The molecule has 0 saturated heterocycles. The summed E-state index contributed by atoms with van der Waals surface area (Å²) in [6.45, 7) is -0.0465. The molecular formula is C25H24FN5O3. The fourth-order valence-corrected chi connectivity index (χ4v) is 4.47. The van der Waals surface area contributed by atoms with E-state index in [1.165, 1.54) is 23.0 Å². The van der Waals surface area contributed by atoms with Crippen LogP contribution in [0.1, 0.15) is 35.2 Å². The van der Waals surface area contributed by atoms with Gasteiger partial charge in [-0.1, -0.05) is 12.1 Å². The van der Waals surface area contributed by atoms with Gasteiger partial charge in [0.05, 0.1) is 41.4 Å². The molecule has 0 radical (unpaired) electrons. The van der Waals surface area contributed by atoms with Crippen LogP contribution in [0.2, 0.25) is 0 Å². The maximum absolute atomic E-state index is 15.0. The van der Waals surface area contributed by atoms with Gasteiger partial charge in [-0.05, 0) is 43.0 Å². The number of hydrogen-bond donors (Lipinski definition) is 2. The Morgan fingerprint density at radius 3 is 2.79 bits per heavy atom. The lowest BCUT2D eigenvalue weighted by Gasteiger charge is -2.18. The van der Waals surface area contributed by atoms with Crippen molar-refractivity contribution in [2.45, 2.75) is 38.0 Å². The molecule has 0 aliphatic heterocycles. The summed E-state index contributed by atoms with van der Waals surface area (Å²) in [7, 11) is 1.79. The van der Waals surface area contributed by atoms with Crippen molar-refractivity contribution < 1.29 is 14.3 Å². The van der Waals surface area contributed by atoms with E-state index >= 15 is 0 Å². The number of nitrogens with zero attached hydrogens (tertiary/aromatic N) is 4. The number of carbonyl (C=O) groups is 1. The Hall–Kier alpha value is -3.85. The second-order valence-electron chi connectivity index (χ2n) is 8.66. The topological polar surface area (TPSA) is 102 Å². The number of fused-ring (bicyclic) bond motifs is 1. The number of halogens is 1. The smallest absolute Gasteiger partial charge is 0.260 e. The molecule has 8 nitrogen and oxygen atoms in total. The van der Waals surface area contributed by atoms with Crippen LogP contribution >= 0.6 is 0 Å². The van der Waals surface area contributed by atoms with Crippen LogP contribution < -0.4 is 10.9 Å². The van der Waals surface area contributed by atoms with Gasteiger partial charge in [-0.25, -0.2) is 4.39 Å². The summed E-state index contributed by atoms with van der Waals surface area (Å²) in [4.78, 5) is 30.5. The van der Waals surface area contributed by atoms with Crippen molar-refractivity contribution in [1.29, 1.82) is 0 Å². The maximum Gasteiger partial charge on any atom is 0.260 e. The highest BCUT2D eigenvalue weighted by molar-refractivity contribution is 6.05. The number of aromatic nitrogens is 4. The van der Waals surface area contributed by atoms with Crippen LogP contribution in [0.25, 0.3) is 22.0 Å². The highest BCUT2D eigenvalue weighted by Gasteiger charge is 2.28. The summed E-state index contributed by atoms with van der Waals surface area (Å²) < 4.78 is 17.9. The Morgan fingerprint density at radius 2 is 2.09 bits per heavy atom. The van der Waals surface area contributed by atoms with Crippen LogP contribution in [0.5, 0.6) is 0 Å². The van der Waals surface area contributed by atoms with Gasteiger partial charge in [0.2, 0.25) is 0 Å². The molecular weight excluding hydrogens is 437 g/mol. The van der Waals surface area contributed by atoms with Gasteiger partial charge in [-0.2, -0.15) is 5.10 Å². The molecule has 2 atom stereocenters. The Bertz CT molecular complexity index is 1440. The van der Waals surface area contributed by atoms with E-state index in [-0.39, 0.29) is 34.6 Å². The van der Waals surface area contributed by atoms with Gasteiger partial charge in [0, 0.05) is 36.8 Å². The van der Waals surface area contributed by atoms with Crippen LogP contribution in [0.15, 0.2) is 59.9 Å². The summed E-state index contributed by atoms with van der Waals surface area (Å²) in [6.07, 6.45) is 7.94. The van der Waals surface area contributed by atoms with Crippen molar-refractivity contribution in [3.63, 3.8) is 0 Å². The van der Waals surface area contributed by atoms with E-state index in [4.69, 9.17) is 0 Å². The van der Waals surface area contributed by atoms with Gasteiger partial charge in [-0.15, -0.1) is 0 Å². The predicted octanol–water partition coefficient (Wildman–Crippen LogP) is 2.63. The normalized spacial score (nSPS) is 17.9. The number of rotatable bonds is 5. The third-order valence-corrected chi connectivity index (χ3v) is 6.31. The molecule has 1 fully saturated rings. The van der Waals surface area contributed by atoms with E-state index in [0.29, 0.717) is 24.0 Å². The van der Waals surface area contributed by atoms with E-state index < -0.39 is 17.8 Å². The first kappa shape index (κ1) is 22.0. The second-order valence-corrected chi connectivity index (χ2v) is 8.66. The highest BCUT2D eigenvalue weighted by Crippen LogP contribution is 2.23. The molecule has 174 valence electrons. The molecule has 1 aliphatic carbocycles. The quantitative estimate of drug-likeness (QED) is 0.476. The third-order valence-electron chi connectivity index (χ3n) is 6.31. The first-order valence-electron chi connectivity index (χ1n) is 11.2. The van der Waals surface area contributed by atoms with Crippen LogP contribution in [0.3, 0.4) is 0 Å². The van der Waals surface area contributed by atoms with Crippen molar-refractivity contribution in [3.05, 3.63) is 82.4 Å². The fraction of sp³-hybridized carbons (Fsp3) is 0.280. The summed E-state index contributed by atoms with van der Waals surface area (Å²) in [5, 5.41) is 17.3. The van der Waals surface area contributed by atoms with Crippen molar-refractivity contribution in [2.24, 2.45) is 7.05 Å². The molecule has 3 heterocycles. The van der Waals surface area contributed by atoms with Crippen molar-refractivity contribution in [2.75, 3.05) is 0 Å². The number of nitrogens with one attached hydrogen (secondary N) is 1. The highest BCUT2D eigenvalue weighted by atomic mass is 19.1. The van der Waals surface area contributed by atoms with Gasteiger partial charge in [0.15, 0.2) is 0 Å². The number of amides is 1. The summed E-state index contributed by atoms with van der Waals surface area (Å²) >= 11 is 0. The zero-order chi connectivity index (χ0) is 23.8. The average molecular weight is 461 g/mol. The van der Waals surface area contributed by atoms with Crippen LogP contribution in [-0.4, -0.2) is 42.5 Å². The Labute approximate surface area is 194 Å². The summed E-state index contributed by atoms with van der Waals surface area (Å²) in [5.41, 5.74) is 1.91. The van der Waals surface area contributed by atoms with E-state index in [1.807, 2.05) is 0 Å². The van der Waals surface area contributed by atoms with Gasteiger partial charge >= 0.3 is 0 Å². The minimum Gasteiger partial charge on any atom is -0.391 e. The van der Waals surface area contributed by atoms with Crippen LogP contribution in [0, 0.1) is 5.82 Å². The average Bonchev–Trinajstić information content (AvgIpc) is 3.44. The molecule has 0 bridgehead atoms. The first-order valence-corrected chi connectivity index (χ1v) is 11.2. The lowest BCUT2D eigenvalue weighted by atomic mass is 10.1. The molecule has 9 heteroatoms. The fourth-order valence-electron chi connectivity index (χ4n) is 4.47. The van der Waals surface area contributed by atoms with Gasteiger partial charge in [0.25, 0.3) is 11.5 Å². The number of hydrogen-bond acceptors (Lipinski definition) is 5. The Morgan fingerprint density at radius 1 is 1.24 bits per heavy atom. The second kappa shape index (κ2) is 8.83. The van der Waals surface area contributed by atoms with E-state index in [2.05, 4.69) is 15.4 Å². The van der Waals surface area contributed by atoms with Crippen molar-refractivity contribution in [3.8, 4) is 11.1 Å².